The van der Waals surface area contributed by atoms with Crippen LogP contribution in [-0.2, 0) is 16.1 Å². The van der Waals surface area contributed by atoms with Crippen molar-refractivity contribution in [3.8, 4) is 0 Å². The van der Waals surface area contributed by atoms with Crippen LogP contribution in [0.2, 0.25) is 0 Å². The average Bonchev–Trinajstić information content (AvgIpc) is 2.36. The molecule has 8 heteroatoms. The van der Waals surface area contributed by atoms with Crippen LogP contribution in [0.15, 0.2) is 18.3 Å². The molecule has 1 rings (SSSR count). The smallest absolute Gasteiger partial charge is 0.323 e. The highest BCUT2D eigenvalue weighted by Gasteiger charge is 2.21. The van der Waals surface area contributed by atoms with Gasteiger partial charge in [0.15, 0.2) is 0 Å². The Morgan fingerprint density at radius 3 is 2.26 bits per heavy atom. The van der Waals surface area contributed by atoms with Gasteiger partial charge in [-0.1, -0.05) is 0 Å². The fraction of sp³-hybridized carbons (Fsp3) is 0.273. The molecule has 1 aromatic rings. The third kappa shape index (κ3) is 4.36. The van der Waals surface area contributed by atoms with Gasteiger partial charge in [0.1, 0.15) is 13.1 Å². The molecule has 0 saturated heterocycles. The number of aromatic nitrogens is 1. The van der Waals surface area contributed by atoms with Crippen molar-refractivity contribution in [2.24, 2.45) is 5.73 Å². The number of carboxylic acid groups (broad SMARTS) is 2. The lowest BCUT2D eigenvalue weighted by atomic mass is 10.2. The van der Waals surface area contributed by atoms with Gasteiger partial charge in [-0.3, -0.25) is 19.4 Å². The first kappa shape index (κ1) is 14.6. The summed E-state index contributed by atoms with van der Waals surface area (Å²) in [6.45, 7) is -1.25. The summed E-state index contributed by atoms with van der Waals surface area (Å²) in [5.74, 6) is -3.27. The Kier molecular flexibility index (Phi) is 4.95. The van der Waals surface area contributed by atoms with Crippen molar-refractivity contribution < 1.29 is 24.6 Å². The van der Waals surface area contributed by atoms with E-state index in [9.17, 15) is 14.4 Å². The van der Waals surface area contributed by atoms with Crippen LogP contribution >= 0.6 is 0 Å². The highest BCUT2D eigenvalue weighted by molar-refractivity contribution is 5.97. The van der Waals surface area contributed by atoms with E-state index in [1.54, 1.807) is 0 Å². The molecule has 0 atom stereocenters. The quantitative estimate of drug-likeness (QED) is 0.611. The first-order valence-corrected chi connectivity index (χ1v) is 5.32. The van der Waals surface area contributed by atoms with E-state index in [-0.39, 0.29) is 12.1 Å². The number of amides is 1. The lowest BCUT2D eigenvalue weighted by Gasteiger charge is -2.18. The zero-order chi connectivity index (χ0) is 14.4. The van der Waals surface area contributed by atoms with E-state index in [1.807, 2.05) is 0 Å². The number of rotatable bonds is 6. The lowest BCUT2D eigenvalue weighted by Crippen LogP contribution is -2.39. The number of hydrogen-bond acceptors (Lipinski definition) is 5. The van der Waals surface area contributed by atoms with Crippen molar-refractivity contribution in [1.29, 1.82) is 0 Å². The lowest BCUT2D eigenvalue weighted by molar-refractivity contribution is -0.140. The van der Waals surface area contributed by atoms with Gasteiger partial charge in [-0.05, 0) is 12.1 Å². The maximum absolute atomic E-state index is 12.0. The van der Waals surface area contributed by atoms with Crippen LogP contribution in [0.25, 0.3) is 0 Å². The molecule has 4 N–H and O–H groups in total. The summed E-state index contributed by atoms with van der Waals surface area (Å²) in [6.07, 6.45) is 1.36. The molecule has 0 saturated carbocycles. The van der Waals surface area contributed by atoms with Crippen molar-refractivity contribution in [2.45, 2.75) is 6.54 Å². The molecule has 0 fully saturated rings. The Morgan fingerprint density at radius 1 is 1.21 bits per heavy atom. The van der Waals surface area contributed by atoms with Crippen molar-refractivity contribution >= 4 is 17.8 Å². The van der Waals surface area contributed by atoms with E-state index < -0.39 is 30.9 Å². The monoisotopic (exact) mass is 267 g/mol. The van der Waals surface area contributed by atoms with Gasteiger partial charge in [-0.2, -0.15) is 0 Å². The van der Waals surface area contributed by atoms with Gasteiger partial charge >= 0.3 is 11.9 Å². The van der Waals surface area contributed by atoms with Gasteiger partial charge in [-0.15, -0.1) is 0 Å². The SMILES string of the molecule is NCc1cc(C(=O)N(CC(=O)O)CC(=O)O)ccn1. The van der Waals surface area contributed by atoms with Gasteiger partial charge in [0.05, 0.1) is 5.69 Å². The Bertz CT molecular complexity index is 487. The van der Waals surface area contributed by atoms with E-state index in [4.69, 9.17) is 15.9 Å². The number of carbonyl (C=O) groups excluding carboxylic acids is 1. The second kappa shape index (κ2) is 6.45. The number of carboxylic acids is 2. The van der Waals surface area contributed by atoms with Crippen LogP contribution in [0.4, 0.5) is 0 Å². The molecule has 1 amide bonds. The normalized spacial score (nSPS) is 9.95. The average molecular weight is 267 g/mol. The van der Waals surface area contributed by atoms with Crippen molar-refractivity contribution in [3.05, 3.63) is 29.6 Å². The molecule has 0 aliphatic rings. The first-order chi connectivity index (χ1) is 8.93. The van der Waals surface area contributed by atoms with Gasteiger partial charge in [-0.25, -0.2) is 0 Å². The minimum atomic E-state index is -1.29. The second-order valence-electron chi connectivity index (χ2n) is 3.69. The Hall–Kier alpha value is -2.48. The number of carbonyl (C=O) groups is 3. The predicted molar refractivity (Wildman–Crippen MR) is 63.3 cm³/mol. The molecular formula is C11H13N3O5. The summed E-state index contributed by atoms with van der Waals surface area (Å²) in [4.78, 5) is 37.9. The van der Waals surface area contributed by atoms with Gasteiger partial charge in [0.2, 0.25) is 0 Å². The van der Waals surface area contributed by atoms with Crippen molar-refractivity contribution in [3.63, 3.8) is 0 Å². The molecule has 0 aliphatic carbocycles. The molecule has 1 aromatic heterocycles. The number of nitrogens with two attached hydrogens (primary N) is 1. The van der Waals surface area contributed by atoms with Crippen molar-refractivity contribution in [1.82, 2.24) is 9.88 Å². The molecule has 19 heavy (non-hydrogen) atoms. The van der Waals surface area contributed by atoms with Crippen LogP contribution < -0.4 is 5.73 Å². The van der Waals surface area contributed by atoms with Gasteiger partial charge in [0.25, 0.3) is 5.91 Å². The van der Waals surface area contributed by atoms with Gasteiger partial charge < -0.3 is 20.8 Å². The Labute approximate surface area is 108 Å². The molecule has 8 nitrogen and oxygen atoms in total. The number of pyridine rings is 1. The standard InChI is InChI=1S/C11H13N3O5/c12-4-8-3-7(1-2-13-8)11(19)14(5-9(15)16)6-10(17)18/h1-3H,4-6,12H2,(H,15,16)(H,17,18). The van der Waals surface area contributed by atoms with Crippen molar-refractivity contribution in [2.75, 3.05) is 13.1 Å². The molecule has 102 valence electrons. The Balaban J connectivity index is 2.96. The summed E-state index contributed by atoms with van der Waals surface area (Å²) in [5.41, 5.74) is 5.99. The van der Waals surface area contributed by atoms with Crippen LogP contribution in [0.5, 0.6) is 0 Å². The van der Waals surface area contributed by atoms with Crippen LogP contribution in [-0.4, -0.2) is 51.0 Å². The summed E-state index contributed by atoms with van der Waals surface area (Å²) >= 11 is 0. The highest BCUT2D eigenvalue weighted by Crippen LogP contribution is 2.06. The molecule has 0 spiro atoms. The number of hydrogen-bond donors (Lipinski definition) is 3. The molecule has 1 heterocycles. The zero-order valence-corrected chi connectivity index (χ0v) is 9.94. The van der Waals surface area contributed by atoms with E-state index in [0.717, 1.165) is 4.90 Å². The molecular weight excluding hydrogens is 254 g/mol. The molecule has 0 bridgehead atoms. The summed E-state index contributed by atoms with van der Waals surface area (Å²) < 4.78 is 0. The predicted octanol–water partition coefficient (Wildman–Crippen LogP) is -0.848. The number of aliphatic carboxylic acids is 2. The minimum Gasteiger partial charge on any atom is -0.480 e. The second-order valence-corrected chi connectivity index (χ2v) is 3.69. The fourth-order valence-electron chi connectivity index (χ4n) is 1.43. The van der Waals surface area contributed by atoms with E-state index in [0.29, 0.717) is 5.69 Å². The van der Waals surface area contributed by atoms with Crippen LogP contribution in [0.1, 0.15) is 16.1 Å². The van der Waals surface area contributed by atoms with E-state index in [2.05, 4.69) is 4.98 Å². The molecule has 0 aromatic carbocycles. The van der Waals surface area contributed by atoms with Gasteiger partial charge in [0, 0.05) is 18.3 Å². The van der Waals surface area contributed by atoms with E-state index >= 15 is 0 Å². The molecule has 0 radical (unpaired) electrons. The minimum absolute atomic E-state index is 0.124. The third-order valence-corrected chi connectivity index (χ3v) is 2.21. The molecule has 0 aliphatic heterocycles. The summed E-state index contributed by atoms with van der Waals surface area (Å²) in [5, 5.41) is 17.3. The third-order valence-electron chi connectivity index (χ3n) is 2.21. The molecule has 0 unspecified atom stereocenters. The van der Waals surface area contributed by atoms with E-state index in [1.165, 1.54) is 18.3 Å². The Morgan fingerprint density at radius 2 is 1.79 bits per heavy atom. The zero-order valence-electron chi connectivity index (χ0n) is 9.94. The topological polar surface area (TPSA) is 134 Å². The first-order valence-electron chi connectivity index (χ1n) is 5.32. The summed E-state index contributed by atoms with van der Waals surface area (Å²) in [6, 6.07) is 2.78. The van der Waals surface area contributed by atoms with Crippen LogP contribution in [0, 0.1) is 0 Å². The fourth-order valence-corrected chi connectivity index (χ4v) is 1.43. The number of nitrogens with zero attached hydrogens (tertiary/aromatic N) is 2. The maximum atomic E-state index is 12.0. The highest BCUT2D eigenvalue weighted by atomic mass is 16.4. The van der Waals surface area contributed by atoms with Crippen LogP contribution in [0.3, 0.4) is 0 Å². The largest absolute Gasteiger partial charge is 0.480 e. The maximum Gasteiger partial charge on any atom is 0.323 e. The summed E-state index contributed by atoms with van der Waals surface area (Å²) in [7, 11) is 0.